The van der Waals surface area contributed by atoms with Crippen LogP contribution < -0.4 is 5.32 Å². The summed E-state index contributed by atoms with van der Waals surface area (Å²) in [6.07, 6.45) is 2.77. The zero-order chi connectivity index (χ0) is 18.5. The lowest BCUT2D eigenvalue weighted by atomic mass is 9.99. The molecular weight excluding hydrogens is 340 g/mol. The molecule has 4 nitrogen and oxygen atoms in total. The third kappa shape index (κ3) is 4.05. The first-order valence-electron chi connectivity index (χ1n) is 9.40. The largest absolute Gasteiger partial charge is 0.369 e. The van der Waals surface area contributed by atoms with Gasteiger partial charge in [0.2, 0.25) is 0 Å². The molecule has 0 fully saturated rings. The van der Waals surface area contributed by atoms with E-state index in [4.69, 9.17) is 0 Å². The predicted molar refractivity (Wildman–Crippen MR) is 113 cm³/mol. The second kappa shape index (κ2) is 8.60. The van der Waals surface area contributed by atoms with Crippen LogP contribution in [0.3, 0.4) is 0 Å². The van der Waals surface area contributed by atoms with Crippen LogP contribution in [0.25, 0.3) is 21.3 Å². The lowest BCUT2D eigenvalue weighted by molar-refractivity contribution is 0.303. The molecule has 0 aliphatic rings. The van der Waals surface area contributed by atoms with Crippen LogP contribution in [0.4, 0.5) is 5.82 Å². The van der Waals surface area contributed by atoms with Crippen molar-refractivity contribution in [1.82, 2.24) is 14.9 Å². The standard InChI is InChI=1S/C21H28N4S/c1-5-25(6-2)11-7-10-22-20-19-18(13-26-21(19)24-14-23-20)17-9-8-15(3)12-16(17)4/h8-9,12-14H,5-7,10-11H2,1-4H3,(H,22,23,24). The summed E-state index contributed by atoms with van der Waals surface area (Å²) < 4.78 is 0. The van der Waals surface area contributed by atoms with Gasteiger partial charge in [-0.3, -0.25) is 0 Å². The zero-order valence-corrected chi connectivity index (χ0v) is 17.0. The first-order valence-corrected chi connectivity index (χ1v) is 10.3. The Balaban J connectivity index is 1.84. The van der Waals surface area contributed by atoms with E-state index in [2.05, 4.69) is 71.5 Å². The molecule has 0 bridgehead atoms. The molecule has 0 amide bonds. The van der Waals surface area contributed by atoms with Gasteiger partial charge in [-0.2, -0.15) is 0 Å². The molecular formula is C21H28N4S. The Morgan fingerprint density at radius 1 is 1.08 bits per heavy atom. The molecule has 138 valence electrons. The Hall–Kier alpha value is -1.98. The van der Waals surface area contributed by atoms with E-state index in [9.17, 15) is 0 Å². The van der Waals surface area contributed by atoms with E-state index in [-0.39, 0.29) is 0 Å². The van der Waals surface area contributed by atoms with Gasteiger partial charge in [0, 0.05) is 17.5 Å². The zero-order valence-electron chi connectivity index (χ0n) is 16.2. The van der Waals surface area contributed by atoms with Gasteiger partial charge in [0.15, 0.2) is 0 Å². The van der Waals surface area contributed by atoms with Crippen LogP contribution in [-0.2, 0) is 0 Å². The molecule has 3 rings (SSSR count). The van der Waals surface area contributed by atoms with Crippen LogP contribution in [-0.4, -0.2) is 41.0 Å². The monoisotopic (exact) mass is 368 g/mol. The third-order valence-corrected chi connectivity index (χ3v) is 5.77. The van der Waals surface area contributed by atoms with Crippen molar-refractivity contribution in [2.45, 2.75) is 34.1 Å². The van der Waals surface area contributed by atoms with Crippen LogP contribution >= 0.6 is 11.3 Å². The second-order valence-electron chi connectivity index (χ2n) is 6.68. The van der Waals surface area contributed by atoms with Crippen molar-refractivity contribution in [3.05, 3.63) is 41.0 Å². The molecule has 3 aromatic rings. The van der Waals surface area contributed by atoms with E-state index in [0.717, 1.165) is 48.6 Å². The summed E-state index contributed by atoms with van der Waals surface area (Å²) in [5.74, 6) is 0.950. The van der Waals surface area contributed by atoms with E-state index < -0.39 is 0 Å². The Morgan fingerprint density at radius 2 is 1.88 bits per heavy atom. The number of benzene rings is 1. The highest BCUT2D eigenvalue weighted by Crippen LogP contribution is 2.37. The summed E-state index contributed by atoms with van der Waals surface area (Å²) in [4.78, 5) is 12.5. The van der Waals surface area contributed by atoms with Crippen LogP contribution in [0, 0.1) is 13.8 Å². The van der Waals surface area contributed by atoms with Crippen molar-refractivity contribution in [2.24, 2.45) is 0 Å². The number of nitrogens with one attached hydrogen (secondary N) is 1. The number of fused-ring (bicyclic) bond motifs is 1. The molecule has 5 heteroatoms. The van der Waals surface area contributed by atoms with Gasteiger partial charge in [-0.25, -0.2) is 9.97 Å². The molecule has 2 aromatic heterocycles. The smallest absolute Gasteiger partial charge is 0.138 e. The predicted octanol–water partition coefficient (Wildman–Crippen LogP) is 5.12. The van der Waals surface area contributed by atoms with E-state index in [0.29, 0.717) is 0 Å². The van der Waals surface area contributed by atoms with Crippen molar-refractivity contribution in [1.29, 1.82) is 0 Å². The number of hydrogen-bond donors (Lipinski definition) is 1. The van der Waals surface area contributed by atoms with Crippen molar-refractivity contribution in [2.75, 3.05) is 31.5 Å². The van der Waals surface area contributed by atoms with Crippen LogP contribution in [0.5, 0.6) is 0 Å². The van der Waals surface area contributed by atoms with Crippen LogP contribution in [0.1, 0.15) is 31.4 Å². The molecule has 0 atom stereocenters. The van der Waals surface area contributed by atoms with E-state index in [1.54, 1.807) is 17.7 Å². The van der Waals surface area contributed by atoms with Gasteiger partial charge in [0.1, 0.15) is 17.0 Å². The summed E-state index contributed by atoms with van der Waals surface area (Å²) in [6.45, 7) is 13.0. The average molecular weight is 369 g/mol. The lowest BCUT2D eigenvalue weighted by Gasteiger charge is -2.18. The van der Waals surface area contributed by atoms with Gasteiger partial charge in [-0.05, 0) is 51.0 Å². The Labute approximate surface area is 160 Å². The van der Waals surface area contributed by atoms with Gasteiger partial charge < -0.3 is 10.2 Å². The molecule has 0 saturated heterocycles. The summed E-state index contributed by atoms with van der Waals surface area (Å²) >= 11 is 1.69. The Bertz CT molecular complexity index is 868. The maximum atomic E-state index is 4.54. The van der Waals surface area contributed by atoms with Crippen molar-refractivity contribution >= 4 is 27.4 Å². The highest BCUT2D eigenvalue weighted by Gasteiger charge is 2.14. The number of anilines is 1. The fourth-order valence-electron chi connectivity index (χ4n) is 3.37. The number of rotatable bonds is 8. The highest BCUT2D eigenvalue weighted by molar-refractivity contribution is 7.17. The van der Waals surface area contributed by atoms with Gasteiger partial charge in [-0.1, -0.05) is 37.6 Å². The maximum Gasteiger partial charge on any atom is 0.138 e. The molecule has 0 spiro atoms. The second-order valence-corrected chi connectivity index (χ2v) is 7.54. The van der Waals surface area contributed by atoms with E-state index in [1.165, 1.54) is 22.3 Å². The Kier molecular flexibility index (Phi) is 6.22. The maximum absolute atomic E-state index is 4.54. The number of thiophene rings is 1. The summed E-state index contributed by atoms with van der Waals surface area (Å²) in [7, 11) is 0. The number of aromatic nitrogens is 2. The van der Waals surface area contributed by atoms with Crippen molar-refractivity contribution in [3.8, 4) is 11.1 Å². The molecule has 0 aliphatic heterocycles. The van der Waals surface area contributed by atoms with E-state index in [1.807, 2.05) is 0 Å². The number of hydrogen-bond acceptors (Lipinski definition) is 5. The van der Waals surface area contributed by atoms with Crippen LogP contribution in [0.15, 0.2) is 29.9 Å². The minimum absolute atomic E-state index is 0.921. The topological polar surface area (TPSA) is 41.0 Å². The first-order chi connectivity index (χ1) is 12.6. The molecule has 2 heterocycles. The van der Waals surface area contributed by atoms with Gasteiger partial charge in [-0.15, -0.1) is 11.3 Å². The molecule has 0 aliphatic carbocycles. The first kappa shape index (κ1) is 18.8. The molecule has 0 unspecified atom stereocenters. The summed E-state index contributed by atoms with van der Waals surface area (Å²) in [5.41, 5.74) is 5.08. The number of nitrogens with zero attached hydrogens (tertiary/aromatic N) is 3. The minimum Gasteiger partial charge on any atom is -0.369 e. The summed E-state index contributed by atoms with van der Waals surface area (Å²) in [5, 5.41) is 6.90. The van der Waals surface area contributed by atoms with E-state index >= 15 is 0 Å². The molecule has 0 radical (unpaired) electrons. The molecule has 26 heavy (non-hydrogen) atoms. The normalized spacial score (nSPS) is 11.4. The highest BCUT2D eigenvalue weighted by atomic mass is 32.1. The van der Waals surface area contributed by atoms with Gasteiger partial charge >= 0.3 is 0 Å². The average Bonchev–Trinajstić information content (AvgIpc) is 3.06. The molecule has 0 saturated carbocycles. The van der Waals surface area contributed by atoms with Crippen LogP contribution in [0.2, 0.25) is 0 Å². The quantitative estimate of drug-likeness (QED) is 0.560. The van der Waals surface area contributed by atoms with Gasteiger partial charge in [0.25, 0.3) is 0 Å². The fraction of sp³-hybridized carbons (Fsp3) is 0.429. The SMILES string of the molecule is CCN(CC)CCCNc1ncnc2scc(-c3ccc(C)cc3C)c12. The Morgan fingerprint density at radius 3 is 2.62 bits per heavy atom. The third-order valence-electron chi connectivity index (χ3n) is 4.88. The fourth-order valence-corrected chi connectivity index (χ4v) is 4.28. The molecule has 1 aromatic carbocycles. The van der Waals surface area contributed by atoms with Gasteiger partial charge in [0.05, 0.1) is 5.39 Å². The molecule has 1 N–H and O–H groups in total. The number of aryl methyl sites for hydroxylation is 2. The van der Waals surface area contributed by atoms with Crippen molar-refractivity contribution < 1.29 is 0 Å². The lowest BCUT2D eigenvalue weighted by Crippen LogP contribution is -2.25. The minimum atomic E-state index is 0.921. The van der Waals surface area contributed by atoms with Crippen molar-refractivity contribution in [3.63, 3.8) is 0 Å². The summed E-state index contributed by atoms with van der Waals surface area (Å²) in [6, 6.07) is 6.62.